The number of halogens is 1. The van der Waals surface area contributed by atoms with Crippen LogP contribution in [-0.2, 0) is 4.79 Å². The number of hydrogen-bond donors (Lipinski definition) is 2. The molecule has 0 saturated carbocycles. The number of furan rings is 1. The molecule has 2 N–H and O–H groups in total. The molecular formula is C15H14BrNO4. The van der Waals surface area contributed by atoms with Gasteiger partial charge >= 0.3 is 5.97 Å². The van der Waals surface area contributed by atoms with E-state index in [1.807, 2.05) is 0 Å². The molecule has 0 aliphatic heterocycles. The van der Waals surface area contributed by atoms with E-state index in [2.05, 4.69) is 21.2 Å². The van der Waals surface area contributed by atoms with Crippen molar-refractivity contribution in [2.45, 2.75) is 13.8 Å². The summed E-state index contributed by atoms with van der Waals surface area (Å²) in [5.74, 6) is -1.18. The molecule has 0 saturated heterocycles. The van der Waals surface area contributed by atoms with E-state index in [0.717, 1.165) is 4.47 Å². The van der Waals surface area contributed by atoms with E-state index in [9.17, 15) is 9.59 Å². The van der Waals surface area contributed by atoms with E-state index in [0.29, 0.717) is 17.0 Å². The van der Waals surface area contributed by atoms with E-state index in [1.54, 1.807) is 38.1 Å². The molecule has 0 aliphatic carbocycles. The maximum Gasteiger partial charge on any atom is 0.371 e. The Balaban J connectivity index is 2.42. The van der Waals surface area contributed by atoms with Gasteiger partial charge in [-0.1, -0.05) is 29.8 Å². The Labute approximate surface area is 130 Å². The van der Waals surface area contributed by atoms with Gasteiger partial charge in [-0.3, -0.25) is 4.79 Å². The Hall–Kier alpha value is -2.08. The Bertz CT molecular complexity index is 691. The fourth-order valence-corrected chi connectivity index (χ4v) is 2.07. The molecule has 0 aliphatic rings. The Morgan fingerprint density at radius 2 is 1.95 bits per heavy atom. The molecule has 0 fully saturated rings. The highest BCUT2D eigenvalue weighted by molar-refractivity contribution is 9.10. The van der Waals surface area contributed by atoms with Crippen LogP contribution in [0.2, 0.25) is 0 Å². The van der Waals surface area contributed by atoms with Crippen LogP contribution < -0.4 is 5.32 Å². The van der Waals surface area contributed by atoms with Gasteiger partial charge in [0.15, 0.2) is 0 Å². The van der Waals surface area contributed by atoms with Gasteiger partial charge in [-0.15, -0.1) is 0 Å². The van der Waals surface area contributed by atoms with Crippen LogP contribution in [-0.4, -0.2) is 17.0 Å². The second kappa shape index (κ2) is 6.13. The van der Waals surface area contributed by atoms with Gasteiger partial charge in [-0.2, -0.15) is 0 Å². The van der Waals surface area contributed by atoms with Crippen molar-refractivity contribution in [3.8, 4) is 11.3 Å². The first-order valence-corrected chi connectivity index (χ1v) is 7.11. The number of hydrogen-bond acceptors (Lipinski definition) is 3. The van der Waals surface area contributed by atoms with Crippen LogP contribution in [0.15, 0.2) is 39.2 Å². The first kappa shape index (κ1) is 15.3. The van der Waals surface area contributed by atoms with Crippen LogP contribution >= 0.6 is 15.9 Å². The summed E-state index contributed by atoms with van der Waals surface area (Å²) >= 11 is 3.35. The second-order valence-corrected chi connectivity index (χ2v) is 5.72. The number of benzene rings is 1. The lowest BCUT2D eigenvalue weighted by Crippen LogP contribution is -2.18. The lowest BCUT2D eigenvalue weighted by molar-refractivity contribution is -0.118. The molecule has 0 radical (unpaired) electrons. The van der Waals surface area contributed by atoms with Crippen molar-refractivity contribution in [3.05, 3.63) is 40.6 Å². The molecule has 21 heavy (non-hydrogen) atoms. The van der Waals surface area contributed by atoms with Crippen molar-refractivity contribution in [1.82, 2.24) is 0 Å². The SMILES string of the molecule is CC(C)C(=O)Nc1cc(Br)ccc1-c1ccc(C(=O)O)o1. The molecule has 6 heteroatoms. The third kappa shape index (κ3) is 3.52. The third-order valence-electron chi connectivity index (χ3n) is 2.85. The van der Waals surface area contributed by atoms with Gasteiger partial charge in [0.2, 0.25) is 11.7 Å². The fraction of sp³-hybridized carbons (Fsp3) is 0.200. The monoisotopic (exact) mass is 351 g/mol. The number of amides is 1. The van der Waals surface area contributed by atoms with Crippen LogP contribution in [0.3, 0.4) is 0 Å². The summed E-state index contributed by atoms with van der Waals surface area (Å²) in [7, 11) is 0. The number of carbonyl (C=O) groups excluding carboxylic acids is 1. The van der Waals surface area contributed by atoms with Gasteiger partial charge in [-0.05, 0) is 30.3 Å². The zero-order valence-corrected chi connectivity index (χ0v) is 13.1. The number of anilines is 1. The van der Waals surface area contributed by atoms with Crippen LogP contribution in [0.25, 0.3) is 11.3 Å². The van der Waals surface area contributed by atoms with Crippen LogP contribution in [0.1, 0.15) is 24.4 Å². The highest BCUT2D eigenvalue weighted by Crippen LogP contribution is 2.32. The molecule has 0 spiro atoms. The van der Waals surface area contributed by atoms with Gasteiger partial charge in [0.1, 0.15) is 5.76 Å². The molecule has 0 unspecified atom stereocenters. The number of nitrogens with one attached hydrogen (secondary N) is 1. The van der Waals surface area contributed by atoms with Crippen molar-refractivity contribution in [3.63, 3.8) is 0 Å². The molecule has 0 atom stereocenters. The van der Waals surface area contributed by atoms with Crippen LogP contribution in [0.5, 0.6) is 0 Å². The molecular weight excluding hydrogens is 338 g/mol. The Kier molecular flexibility index (Phi) is 4.47. The molecule has 2 aromatic rings. The minimum absolute atomic E-state index is 0.126. The summed E-state index contributed by atoms with van der Waals surface area (Å²) < 4.78 is 6.09. The summed E-state index contributed by atoms with van der Waals surface area (Å²) in [6, 6.07) is 8.25. The predicted octanol–water partition coefficient (Wildman–Crippen LogP) is 4.00. The lowest BCUT2D eigenvalue weighted by atomic mass is 10.1. The Morgan fingerprint density at radius 1 is 1.24 bits per heavy atom. The minimum Gasteiger partial charge on any atom is -0.475 e. The van der Waals surface area contributed by atoms with Gasteiger partial charge < -0.3 is 14.8 Å². The van der Waals surface area contributed by atoms with Gasteiger partial charge in [0.05, 0.1) is 5.69 Å². The lowest BCUT2D eigenvalue weighted by Gasteiger charge is -2.12. The maximum absolute atomic E-state index is 11.9. The van der Waals surface area contributed by atoms with E-state index in [4.69, 9.17) is 9.52 Å². The smallest absolute Gasteiger partial charge is 0.371 e. The minimum atomic E-state index is -1.13. The quantitative estimate of drug-likeness (QED) is 0.872. The van der Waals surface area contributed by atoms with Crippen LogP contribution in [0, 0.1) is 5.92 Å². The van der Waals surface area contributed by atoms with Gasteiger partial charge in [-0.25, -0.2) is 4.79 Å². The van der Waals surface area contributed by atoms with Crippen molar-refractivity contribution in [2.75, 3.05) is 5.32 Å². The maximum atomic E-state index is 11.9. The van der Waals surface area contributed by atoms with Crippen molar-refractivity contribution in [2.24, 2.45) is 5.92 Å². The standard InChI is InChI=1S/C15H14BrNO4/c1-8(2)14(18)17-11-7-9(16)3-4-10(11)12-5-6-13(21-12)15(19)20/h3-8H,1-2H3,(H,17,18)(H,19,20). The molecule has 2 rings (SSSR count). The second-order valence-electron chi connectivity index (χ2n) is 4.80. The van der Waals surface area contributed by atoms with Gasteiger partial charge in [0.25, 0.3) is 0 Å². The van der Waals surface area contributed by atoms with E-state index >= 15 is 0 Å². The summed E-state index contributed by atoms with van der Waals surface area (Å²) in [6.45, 7) is 3.59. The number of carboxylic acid groups (broad SMARTS) is 1. The average Bonchev–Trinajstić information content (AvgIpc) is 2.88. The Morgan fingerprint density at radius 3 is 2.52 bits per heavy atom. The highest BCUT2D eigenvalue weighted by atomic mass is 79.9. The van der Waals surface area contributed by atoms with Crippen molar-refractivity contribution in [1.29, 1.82) is 0 Å². The summed E-state index contributed by atoms with van der Waals surface area (Å²) in [4.78, 5) is 22.8. The zero-order valence-electron chi connectivity index (χ0n) is 11.5. The predicted molar refractivity (Wildman–Crippen MR) is 82.3 cm³/mol. The van der Waals surface area contributed by atoms with Crippen molar-refractivity contribution >= 4 is 33.5 Å². The van der Waals surface area contributed by atoms with Crippen LogP contribution in [0.4, 0.5) is 5.69 Å². The molecule has 1 aromatic heterocycles. The first-order chi connectivity index (χ1) is 9.88. The topological polar surface area (TPSA) is 79.5 Å². The summed E-state index contributed by atoms with van der Waals surface area (Å²) in [5.41, 5.74) is 1.19. The molecule has 110 valence electrons. The summed E-state index contributed by atoms with van der Waals surface area (Å²) in [6.07, 6.45) is 0. The third-order valence-corrected chi connectivity index (χ3v) is 3.34. The molecule has 1 heterocycles. The first-order valence-electron chi connectivity index (χ1n) is 6.32. The van der Waals surface area contributed by atoms with Gasteiger partial charge in [0, 0.05) is 16.0 Å². The van der Waals surface area contributed by atoms with E-state index < -0.39 is 5.97 Å². The number of carbonyl (C=O) groups is 2. The van der Waals surface area contributed by atoms with Crippen molar-refractivity contribution < 1.29 is 19.1 Å². The van der Waals surface area contributed by atoms with E-state index in [1.165, 1.54) is 6.07 Å². The summed E-state index contributed by atoms with van der Waals surface area (Å²) in [5, 5.41) is 11.7. The number of carboxylic acids is 1. The number of aromatic carboxylic acids is 1. The largest absolute Gasteiger partial charge is 0.475 e. The number of rotatable bonds is 4. The zero-order chi connectivity index (χ0) is 15.6. The molecule has 0 bridgehead atoms. The highest BCUT2D eigenvalue weighted by Gasteiger charge is 2.16. The fourth-order valence-electron chi connectivity index (χ4n) is 1.71. The molecule has 5 nitrogen and oxygen atoms in total. The molecule has 1 amide bonds. The average molecular weight is 352 g/mol. The van der Waals surface area contributed by atoms with E-state index in [-0.39, 0.29) is 17.6 Å². The normalized spacial score (nSPS) is 10.7. The molecule has 1 aromatic carbocycles.